The van der Waals surface area contributed by atoms with Crippen LogP contribution in [0.5, 0.6) is 0 Å². The van der Waals surface area contributed by atoms with Crippen LogP contribution in [0, 0.1) is 0 Å². The number of hydrogen-bond acceptors (Lipinski definition) is 4. The first-order valence-corrected chi connectivity index (χ1v) is 7.09. The standard InChI is InChI=1S/C9H11BrN2S2/c10-8-3-2-7(14-8)6-12-9-11-4-1-5-13-9/h2-3H,1,4-6H2,(H,11,12). The number of nitrogens with one attached hydrogen (secondary N) is 1. The minimum atomic E-state index is 0.891. The van der Waals surface area contributed by atoms with E-state index in [1.165, 1.54) is 20.8 Å². The SMILES string of the molecule is Brc1ccc(CNC2=NCCCS2)s1. The molecular formula is C9H11BrN2S2. The first kappa shape index (κ1) is 10.5. The molecule has 2 heterocycles. The van der Waals surface area contributed by atoms with Crippen molar-refractivity contribution in [3.05, 3.63) is 20.8 Å². The summed E-state index contributed by atoms with van der Waals surface area (Å²) in [4.78, 5) is 5.75. The van der Waals surface area contributed by atoms with E-state index in [9.17, 15) is 0 Å². The topological polar surface area (TPSA) is 24.4 Å². The molecule has 0 saturated heterocycles. The second kappa shape index (κ2) is 5.19. The van der Waals surface area contributed by atoms with E-state index < -0.39 is 0 Å². The highest BCUT2D eigenvalue weighted by Gasteiger charge is 2.05. The van der Waals surface area contributed by atoms with Gasteiger partial charge in [0.1, 0.15) is 0 Å². The van der Waals surface area contributed by atoms with Crippen LogP contribution in [0.3, 0.4) is 0 Å². The predicted octanol–water partition coefficient (Wildman–Crippen LogP) is 3.09. The molecule has 2 nitrogen and oxygen atoms in total. The van der Waals surface area contributed by atoms with E-state index in [-0.39, 0.29) is 0 Å². The van der Waals surface area contributed by atoms with Gasteiger partial charge in [-0.1, -0.05) is 11.8 Å². The van der Waals surface area contributed by atoms with E-state index in [0.717, 1.165) is 18.3 Å². The zero-order chi connectivity index (χ0) is 9.80. The van der Waals surface area contributed by atoms with Gasteiger partial charge in [-0.25, -0.2) is 0 Å². The number of thioether (sulfide) groups is 1. The Balaban J connectivity index is 1.84. The Morgan fingerprint density at radius 2 is 2.43 bits per heavy atom. The molecule has 76 valence electrons. The Hall–Kier alpha value is -0.0000000000000000833. The van der Waals surface area contributed by atoms with E-state index in [1.807, 2.05) is 11.8 Å². The van der Waals surface area contributed by atoms with Crippen LogP contribution < -0.4 is 5.32 Å². The van der Waals surface area contributed by atoms with Crippen LogP contribution in [0.1, 0.15) is 11.3 Å². The molecule has 0 radical (unpaired) electrons. The minimum absolute atomic E-state index is 0.891. The summed E-state index contributed by atoms with van der Waals surface area (Å²) in [7, 11) is 0. The van der Waals surface area contributed by atoms with Crippen LogP contribution in [-0.2, 0) is 6.54 Å². The molecule has 2 rings (SSSR count). The van der Waals surface area contributed by atoms with Crippen molar-refractivity contribution in [3.8, 4) is 0 Å². The Bertz CT molecular complexity index is 335. The molecule has 0 amide bonds. The van der Waals surface area contributed by atoms with Crippen LogP contribution in [0.2, 0.25) is 0 Å². The number of nitrogens with zero attached hydrogens (tertiary/aromatic N) is 1. The van der Waals surface area contributed by atoms with Crippen molar-refractivity contribution >= 4 is 44.2 Å². The first-order chi connectivity index (χ1) is 6.84. The third-order valence-corrected chi connectivity index (χ3v) is 4.50. The Morgan fingerprint density at radius 3 is 3.07 bits per heavy atom. The van der Waals surface area contributed by atoms with E-state index in [2.05, 4.69) is 38.4 Å². The molecule has 0 bridgehead atoms. The number of halogens is 1. The summed E-state index contributed by atoms with van der Waals surface area (Å²) in [6, 6.07) is 4.22. The van der Waals surface area contributed by atoms with Crippen molar-refractivity contribution in [2.24, 2.45) is 4.99 Å². The summed E-state index contributed by atoms with van der Waals surface area (Å²) in [5.41, 5.74) is 0. The maximum Gasteiger partial charge on any atom is 0.156 e. The average Bonchev–Trinajstić information content (AvgIpc) is 2.63. The fourth-order valence-corrected chi connectivity index (χ4v) is 3.42. The second-order valence-electron chi connectivity index (χ2n) is 2.95. The molecule has 0 saturated carbocycles. The summed E-state index contributed by atoms with van der Waals surface area (Å²) >= 11 is 7.04. The maximum atomic E-state index is 4.41. The lowest BCUT2D eigenvalue weighted by atomic mass is 10.5. The highest BCUT2D eigenvalue weighted by Crippen LogP contribution is 2.22. The first-order valence-electron chi connectivity index (χ1n) is 4.50. The number of hydrogen-bond donors (Lipinski definition) is 1. The van der Waals surface area contributed by atoms with Gasteiger partial charge in [0.25, 0.3) is 0 Å². The van der Waals surface area contributed by atoms with Gasteiger partial charge in [0.2, 0.25) is 0 Å². The zero-order valence-electron chi connectivity index (χ0n) is 7.62. The van der Waals surface area contributed by atoms with E-state index in [0.29, 0.717) is 0 Å². The molecule has 0 aromatic carbocycles. The van der Waals surface area contributed by atoms with Crippen molar-refractivity contribution in [2.45, 2.75) is 13.0 Å². The van der Waals surface area contributed by atoms with Gasteiger partial charge in [-0.05, 0) is 34.5 Å². The predicted molar refractivity (Wildman–Crippen MR) is 68.2 cm³/mol. The summed E-state index contributed by atoms with van der Waals surface area (Å²) < 4.78 is 1.19. The van der Waals surface area contributed by atoms with Gasteiger partial charge in [-0.2, -0.15) is 0 Å². The molecule has 0 unspecified atom stereocenters. The summed E-state index contributed by atoms with van der Waals surface area (Å²) in [5, 5.41) is 4.45. The molecule has 1 aromatic rings. The lowest BCUT2D eigenvalue weighted by molar-refractivity contribution is 0.889. The Labute approximate surface area is 100 Å². The van der Waals surface area contributed by atoms with Crippen LogP contribution in [-0.4, -0.2) is 17.5 Å². The lowest BCUT2D eigenvalue weighted by Gasteiger charge is -2.12. The smallest absolute Gasteiger partial charge is 0.156 e. The van der Waals surface area contributed by atoms with Crippen LogP contribution in [0.4, 0.5) is 0 Å². The highest BCUT2D eigenvalue weighted by molar-refractivity contribution is 9.11. The number of thiophene rings is 1. The third kappa shape index (κ3) is 3.00. The van der Waals surface area contributed by atoms with E-state index in [4.69, 9.17) is 0 Å². The summed E-state index contributed by atoms with van der Waals surface area (Å²) in [6.45, 7) is 1.87. The largest absolute Gasteiger partial charge is 0.360 e. The zero-order valence-corrected chi connectivity index (χ0v) is 10.8. The van der Waals surface area contributed by atoms with Gasteiger partial charge >= 0.3 is 0 Å². The maximum absolute atomic E-state index is 4.41. The molecule has 0 aliphatic carbocycles. The number of amidine groups is 1. The Kier molecular flexibility index (Phi) is 3.89. The van der Waals surface area contributed by atoms with Gasteiger partial charge in [-0.3, -0.25) is 4.99 Å². The molecular weight excluding hydrogens is 280 g/mol. The molecule has 5 heteroatoms. The van der Waals surface area contributed by atoms with Gasteiger partial charge in [-0.15, -0.1) is 11.3 Å². The third-order valence-electron chi connectivity index (χ3n) is 1.84. The van der Waals surface area contributed by atoms with Crippen LogP contribution in [0.15, 0.2) is 20.9 Å². The molecule has 0 atom stereocenters. The molecule has 1 N–H and O–H groups in total. The summed E-state index contributed by atoms with van der Waals surface area (Å²) in [5.74, 6) is 1.19. The van der Waals surface area contributed by atoms with Crippen molar-refractivity contribution in [1.82, 2.24) is 5.32 Å². The van der Waals surface area contributed by atoms with Gasteiger partial charge in [0, 0.05) is 17.2 Å². The molecule has 0 fully saturated rings. The Morgan fingerprint density at radius 1 is 1.50 bits per heavy atom. The number of aliphatic imine (C=N–C) groups is 1. The number of rotatable bonds is 2. The van der Waals surface area contributed by atoms with Gasteiger partial charge in [0.15, 0.2) is 5.17 Å². The van der Waals surface area contributed by atoms with E-state index >= 15 is 0 Å². The van der Waals surface area contributed by atoms with Crippen LogP contribution in [0.25, 0.3) is 0 Å². The monoisotopic (exact) mass is 290 g/mol. The van der Waals surface area contributed by atoms with E-state index in [1.54, 1.807) is 11.3 Å². The minimum Gasteiger partial charge on any atom is -0.360 e. The average molecular weight is 291 g/mol. The fourth-order valence-electron chi connectivity index (χ4n) is 1.18. The summed E-state index contributed by atoms with van der Waals surface area (Å²) in [6.07, 6.45) is 1.21. The fraction of sp³-hybridized carbons (Fsp3) is 0.444. The molecule has 14 heavy (non-hydrogen) atoms. The molecule has 0 spiro atoms. The molecule has 1 aliphatic heterocycles. The van der Waals surface area contributed by atoms with Crippen molar-refractivity contribution < 1.29 is 0 Å². The van der Waals surface area contributed by atoms with Crippen molar-refractivity contribution in [1.29, 1.82) is 0 Å². The van der Waals surface area contributed by atoms with Gasteiger partial charge < -0.3 is 5.32 Å². The van der Waals surface area contributed by atoms with Gasteiger partial charge in [0.05, 0.1) is 10.3 Å². The molecule has 1 aromatic heterocycles. The normalized spacial score (nSPS) is 16.5. The second-order valence-corrected chi connectivity index (χ2v) is 6.58. The van der Waals surface area contributed by atoms with Crippen molar-refractivity contribution in [3.63, 3.8) is 0 Å². The quantitative estimate of drug-likeness (QED) is 0.905. The van der Waals surface area contributed by atoms with Crippen molar-refractivity contribution in [2.75, 3.05) is 12.3 Å². The van der Waals surface area contributed by atoms with Crippen LogP contribution >= 0.6 is 39.0 Å². The molecule has 1 aliphatic rings. The lowest BCUT2D eigenvalue weighted by Crippen LogP contribution is -2.22. The highest BCUT2D eigenvalue weighted by atomic mass is 79.9.